The van der Waals surface area contributed by atoms with Crippen molar-refractivity contribution in [1.29, 1.82) is 0 Å². The van der Waals surface area contributed by atoms with Crippen molar-refractivity contribution in [2.45, 2.75) is 360 Å². The third-order valence-electron chi connectivity index (χ3n) is 17.7. The average Bonchev–Trinajstić information content (AvgIpc) is 0.906. The molecule has 0 aliphatic heterocycles. The summed E-state index contributed by atoms with van der Waals surface area (Å²) in [7, 11) is -9.80. The number of rotatable bonds is 80. The molecule has 0 rings (SSSR count). The molecule has 0 fully saturated rings. The molecular formula is C91H154O16P2. The Bertz CT molecular complexity index is 2610. The summed E-state index contributed by atoms with van der Waals surface area (Å²) < 4.78 is 61.2. The van der Waals surface area contributed by atoms with E-state index in [1.165, 1.54) is 103 Å². The number of hydrogen-bond acceptors (Lipinski definition) is 14. The van der Waals surface area contributed by atoms with Crippen molar-refractivity contribution >= 4 is 33.6 Å². The molecule has 624 valence electrons. The first kappa shape index (κ1) is 104. The number of carbonyl (C=O) groups is 3. The number of carbonyl (C=O) groups excluding carboxylic acids is 3. The molecule has 0 bridgehead atoms. The minimum Gasteiger partial charge on any atom is -0.463 e. The monoisotopic (exact) mass is 1570 g/mol. The summed E-state index contributed by atoms with van der Waals surface area (Å²) in [4.78, 5) is 58.7. The zero-order valence-electron chi connectivity index (χ0n) is 68.4. The molecule has 5 atom stereocenters. The number of aliphatic hydroxyl groups is 2. The Morgan fingerprint density at radius 2 is 0.486 bits per heavy atom. The van der Waals surface area contributed by atoms with Crippen LogP contribution >= 0.6 is 15.6 Å². The first-order valence-corrected chi connectivity index (χ1v) is 45.8. The Kier molecular flexibility index (Phi) is 79.0. The van der Waals surface area contributed by atoms with Crippen molar-refractivity contribution in [1.82, 2.24) is 0 Å². The van der Waals surface area contributed by atoms with Gasteiger partial charge in [0.1, 0.15) is 25.4 Å². The number of esters is 3. The summed E-state index contributed by atoms with van der Waals surface area (Å²) >= 11 is 0. The molecule has 0 saturated carbocycles. The van der Waals surface area contributed by atoms with Crippen LogP contribution in [0.4, 0.5) is 0 Å². The van der Waals surface area contributed by atoms with Crippen LogP contribution in [-0.2, 0) is 55.8 Å². The molecule has 16 nitrogen and oxygen atoms in total. The van der Waals surface area contributed by atoms with Gasteiger partial charge >= 0.3 is 33.6 Å². The van der Waals surface area contributed by atoms with Crippen LogP contribution in [0.15, 0.2) is 158 Å². The van der Waals surface area contributed by atoms with Gasteiger partial charge in [0, 0.05) is 19.3 Å². The van der Waals surface area contributed by atoms with Gasteiger partial charge in [0.2, 0.25) is 0 Å². The standard InChI is InChI=1S/C91H154O16P2/c1-4-7-10-13-16-19-22-25-27-29-31-33-35-37-39-40-41-42-43-44-46-48-49-51-53-55-57-60-62-65-68-71-74-77-89(94)101-80-86(92)81-103-108(97,98)104-82-87(93)83-105-109(99,100)106-85-88(107-91(96)79-76-73-70-67-64-59-24-21-18-15-12-9-6-3)84-102-90(95)78-75-72-69-66-63-61-58-56-54-52-50-47-45-38-36-34-32-30-28-26-23-20-17-14-11-8-5-2/h7-8,10-12,15-17,19-21,24-28,31-34,37-39,45,50,52,86-88,92-93H,4-6,9,13-14,18,22-23,29-30,35-36,40-44,46-49,51,53-85H2,1-3H3,(H,97,98)(H,99,100)/b10-7-,11-8-,15-12-,19-16-,20-17-,24-21-,27-25-,28-26-,33-31-,34-32-,39-37-,45-38-,52-50-. The van der Waals surface area contributed by atoms with Crippen LogP contribution in [0, 0.1) is 0 Å². The molecule has 109 heavy (non-hydrogen) atoms. The smallest absolute Gasteiger partial charge is 0.463 e. The van der Waals surface area contributed by atoms with Gasteiger partial charge in [0.25, 0.3) is 0 Å². The van der Waals surface area contributed by atoms with E-state index >= 15 is 0 Å². The van der Waals surface area contributed by atoms with Crippen LogP contribution in [0.2, 0.25) is 0 Å². The van der Waals surface area contributed by atoms with Crippen LogP contribution < -0.4 is 0 Å². The quantitative estimate of drug-likeness (QED) is 0.0146. The highest BCUT2D eigenvalue weighted by molar-refractivity contribution is 7.47. The first-order valence-electron chi connectivity index (χ1n) is 42.8. The Hall–Kier alpha value is -4.83. The number of phosphoric acid groups is 2. The van der Waals surface area contributed by atoms with Crippen molar-refractivity contribution in [3.63, 3.8) is 0 Å². The van der Waals surface area contributed by atoms with Gasteiger partial charge in [-0.25, -0.2) is 9.13 Å². The van der Waals surface area contributed by atoms with Crippen molar-refractivity contribution in [2.24, 2.45) is 0 Å². The van der Waals surface area contributed by atoms with Gasteiger partial charge in [-0.2, -0.15) is 0 Å². The summed E-state index contributed by atoms with van der Waals surface area (Å²) in [5.74, 6) is -1.60. The van der Waals surface area contributed by atoms with Gasteiger partial charge in [0.05, 0.1) is 26.4 Å². The second-order valence-electron chi connectivity index (χ2n) is 28.2. The molecule has 0 heterocycles. The van der Waals surface area contributed by atoms with E-state index < -0.39 is 91.5 Å². The summed E-state index contributed by atoms with van der Waals surface area (Å²) in [5, 5.41) is 20.7. The van der Waals surface area contributed by atoms with Crippen molar-refractivity contribution in [3.8, 4) is 0 Å². The van der Waals surface area contributed by atoms with E-state index in [-0.39, 0.29) is 19.3 Å². The number of unbranched alkanes of at least 4 members (excludes halogenated alkanes) is 31. The number of aliphatic hydroxyl groups excluding tert-OH is 2. The van der Waals surface area contributed by atoms with Crippen LogP contribution in [0.1, 0.15) is 342 Å². The lowest BCUT2D eigenvalue weighted by Gasteiger charge is -2.21. The van der Waals surface area contributed by atoms with Gasteiger partial charge < -0.3 is 34.2 Å². The van der Waals surface area contributed by atoms with Crippen molar-refractivity contribution < 1.29 is 75.8 Å². The lowest BCUT2D eigenvalue weighted by Crippen LogP contribution is -2.30. The lowest BCUT2D eigenvalue weighted by atomic mass is 10.0. The zero-order chi connectivity index (χ0) is 79.4. The van der Waals surface area contributed by atoms with Crippen LogP contribution in [-0.4, -0.2) is 95.9 Å². The zero-order valence-corrected chi connectivity index (χ0v) is 70.2. The van der Waals surface area contributed by atoms with Gasteiger partial charge in [-0.3, -0.25) is 32.5 Å². The first-order chi connectivity index (χ1) is 53.2. The SMILES string of the molecule is CC/C=C\C/C=C\C/C=C\C/C=C\C/C=C\C/C=C\CCCCCCCCCCC(=O)OCC(COP(=O)(O)OCC(O)COP(=O)(O)OCC(O)COC(=O)CCCCCCCCCCCCCCCCCCC/C=C\C/C=C\C/C=C\C/C=C\C/C=C\CC)OC(=O)CCCCCCC/C=C\C/C=C\CCC. The Morgan fingerprint density at radius 1 is 0.266 bits per heavy atom. The molecule has 0 aromatic heterocycles. The molecule has 0 aromatic carbocycles. The maximum atomic E-state index is 13.0. The van der Waals surface area contributed by atoms with E-state index in [2.05, 4.69) is 179 Å². The second kappa shape index (κ2) is 82.6. The van der Waals surface area contributed by atoms with Gasteiger partial charge in [-0.15, -0.1) is 0 Å². The van der Waals surface area contributed by atoms with Crippen molar-refractivity contribution in [2.75, 3.05) is 39.6 Å². The number of allylic oxidation sites excluding steroid dienone is 26. The maximum Gasteiger partial charge on any atom is 0.472 e. The molecule has 5 unspecified atom stereocenters. The molecule has 0 spiro atoms. The number of hydrogen-bond donors (Lipinski definition) is 4. The average molecular weight is 1570 g/mol. The highest BCUT2D eigenvalue weighted by atomic mass is 31.2. The van der Waals surface area contributed by atoms with E-state index in [9.17, 15) is 43.5 Å². The van der Waals surface area contributed by atoms with Gasteiger partial charge in [-0.1, -0.05) is 339 Å². The Morgan fingerprint density at radius 3 is 0.771 bits per heavy atom. The fourth-order valence-electron chi connectivity index (χ4n) is 11.3. The lowest BCUT2D eigenvalue weighted by molar-refractivity contribution is -0.161. The van der Waals surface area contributed by atoms with E-state index in [0.29, 0.717) is 19.3 Å². The van der Waals surface area contributed by atoms with E-state index in [1.807, 2.05) is 0 Å². The molecule has 4 N–H and O–H groups in total. The highest BCUT2D eigenvalue weighted by Crippen LogP contribution is 2.45. The maximum absolute atomic E-state index is 13.0. The summed E-state index contributed by atoms with van der Waals surface area (Å²) in [5.41, 5.74) is 0. The Labute approximate surface area is 663 Å². The molecule has 0 aromatic rings. The number of phosphoric ester groups is 2. The van der Waals surface area contributed by atoms with Gasteiger partial charge in [-0.05, 0) is 141 Å². The predicted octanol–water partition coefficient (Wildman–Crippen LogP) is 25.8. The predicted molar refractivity (Wildman–Crippen MR) is 454 cm³/mol. The van der Waals surface area contributed by atoms with Crippen molar-refractivity contribution in [3.05, 3.63) is 158 Å². The molecule has 18 heteroatoms. The van der Waals surface area contributed by atoms with E-state index in [1.54, 1.807) is 0 Å². The minimum absolute atomic E-state index is 0.0829. The summed E-state index contributed by atoms with van der Waals surface area (Å²) in [6, 6.07) is 0. The van der Waals surface area contributed by atoms with Crippen LogP contribution in [0.3, 0.4) is 0 Å². The molecule has 0 aliphatic rings. The fraction of sp³-hybridized carbons (Fsp3) is 0.681. The summed E-state index contributed by atoms with van der Waals surface area (Å²) in [6.07, 6.45) is 105. The molecule has 0 saturated heterocycles. The van der Waals surface area contributed by atoms with Gasteiger partial charge in [0.15, 0.2) is 6.10 Å². The van der Waals surface area contributed by atoms with Crippen LogP contribution in [0.25, 0.3) is 0 Å². The minimum atomic E-state index is -4.94. The third kappa shape index (κ3) is 83.9. The van der Waals surface area contributed by atoms with Crippen LogP contribution in [0.5, 0.6) is 0 Å². The second-order valence-corrected chi connectivity index (χ2v) is 31.1. The molecule has 0 aliphatic carbocycles. The highest BCUT2D eigenvalue weighted by Gasteiger charge is 2.29. The molecule has 0 amide bonds. The topological polar surface area (TPSA) is 231 Å². The van der Waals surface area contributed by atoms with E-state index in [4.69, 9.17) is 32.3 Å². The number of ether oxygens (including phenoxy) is 3. The Balaban J connectivity index is 4.44. The van der Waals surface area contributed by atoms with E-state index in [0.717, 1.165) is 180 Å². The normalized spacial score (nSPS) is 14.7. The summed E-state index contributed by atoms with van der Waals surface area (Å²) in [6.45, 7) is 2.38. The third-order valence-corrected chi connectivity index (χ3v) is 19.6. The molecular weight excluding hydrogens is 1410 g/mol. The fourth-order valence-corrected chi connectivity index (χ4v) is 12.9. The largest absolute Gasteiger partial charge is 0.472 e. The molecule has 0 radical (unpaired) electrons.